The van der Waals surface area contributed by atoms with E-state index >= 15 is 0 Å². The fourth-order valence-corrected chi connectivity index (χ4v) is 6.16. The predicted molar refractivity (Wildman–Crippen MR) is 170 cm³/mol. The van der Waals surface area contributed by atoms with E-state index < -0.39 is 0 Å². The standard InChI is InChI=1S/C33H32N6OS/c1-19(2)12-20(3)37-24-13-23(16-34-17-24)22-6-7-29-26(14-22)32(36-18-39(29)5)28-15-25-27(38-28)10-11-35-33(25)31-9-8-30(41-31)21(4)40/h6-11,13-17,19,37-38H,3,12,18H2,1-2,4-5H3. The van der Waals surface area contributed by atoms with Gasteiger partial charge in [0.05, 0.1) is 38.7 Å². The lowest BCUT2D eigenvalue weighted by Crippen LogP contribution is -2.26. The molecule has 0 atom stereocenters. The number of benzene rings is 1. The Labute approximate surface area is 243 Å². The number of aromatic amines is 1. The summed E-state index contributed by atoms with van der Waals surface area (Å²) in [5, 5.41) is 4.41. The SMILES string of the molecule is C=C(CC(C)C)Nc1cncc(-c2ccc3c(c2)C(c2cc4c(-c5ccc(C(C)=O)s5)nccc4[nH]2)=NCN3C)c1. The predicted octanol–water partition coefficient (Wildman–Crippen LogP) is 7.77. The first-order valence-corrected chi connectivity index (χ1v) is 14.5. The molecule has 0 fully saturated rings. The largest absolute Gasteiger partial charge is 0.358 e. The van der Waals surface area contributed by atoms with Gasteiger partial charge in [0.1, 0.15) is 6.67 Å². The van der Waals surface area contributed by atoms with Crippen LogP contribution in [0.15, 0.2) is 84.4 Å². The third kappa shape index (κ3) is 5.30. The number of hydrogen-bond donors (Lipinski definition) is 2. The lowest BCUT2D eigenvalue weighted by Gasteiger charge is -2.27. The smallest absolute Gasteiger partial charge is 0.169 e. The van der Waals surface area contributed by atoms with Crippen LogP contribution in [0.2, 0.25) is 0 Å². The molecule has 8 heteroatoms. The maximum absolute atomic E-state index is 11.9. The third-order valence-corrected chi connectivity index (χ3v) is 8.33. The highest BCUT2D eigenvalue weighted by molar-refractivity contribution is 7.17. The molecule has 0 bridgehead atoms. The number of nitrogens with one attached hydrogen (secondary N) is 2. The fraction of sp³-hybridized carbons (Fsp3) is 0.212. The van der Waals surface area contributed by atoms with Gasteiger partial charge in [-0.05, 0) is 67.3 Å². The molecule has 0 amide bonds. The molecule has 0 aliphatic carbocycles. The summed E-state index contributed by atoms with van der Waals surface area (Å²) in [7, 11) is 2.06. The minimum atomic E-state index is 0.0632. The second-order valence-corrected chi connectivity index (χ2v) is 12.0. The highest BCUT2D eigenvalue weighted by Gasteiger charge is 2.22. The summed E-state index contributed by atoms with van der Waals surface area (Å²) in [4.78, 5) is 33.5. The van der Waals surface area contributed by atoms with Gasteiger partial charge in [0.25, 0.3) is 0 Å². The monoisotopic (exact) mass is 560 g/mol. The number of H-pyrrole nitrogens is 1. The molecular formula is C33H32N6OS. The second-order valence-electron chi connectivity index (χ2n) is 10.9. The number of thiophene rings is 1. The number of hydrogen-bond acceptors (Lipinski definition) is 7. The highest BCUT2D eigenvalue weighted by Crippen LogP contribution is 2.36. The summed E-state index contributed by atoms with van der Waals surface area (Å²) in [6.45, 7) is 10.7. The van der Waals surface area contributed by atoms with Crippen molar-refractivity contribution in [2.24, 2.45) is 10.9 Å². The number of allylic oxidation sites excluding steroid dienone is 1. The van der Waals surface area contributed by atoms with E-state index in [1.807, 2.05) is 30.6 Å². The Morgan fingerprint density at radius 3 is 2.76 bits per heavy atom. The average molecular weight is 561 g/mol. The molecule has 0 saturated carbocycles. The maximum atomic E-state index is 11.9. The van der Waals surface area contributed by atoms with Crippen molar-refractivity contribution < 1.29 is 4.79 Å². The van der Waals surface area contributed by atoms with Gasteiger partial charge in [-0.1, -0.05) is 26.5 Å². The number of anilines is 2. The van der Waals surface area contributed by atoms with Gasteiger partial charge < -0.3 is 15.2 Å². The molecule has 0 unspecified atom stereocenters. The average Bonchev–Trinajstić information content (AvgIpc) is 3.61. The molecule has 0 radical (unpaired) electrons. The number of carbonyl (C=O) groups excluding carboxylic acids is 1. The Hall–Kier alpha value is -4.56. The lowest BCUT2D eigenvalue weighted by atomic mass is 9.97. The van der Waals surface area contributed by atoms with Gasteiger partial charge in [0.2, 0.25) is 0 Å². The van der Waals surface area contributed by atoms with Gasteiger partial charge in [0, 0.05) is 52.9 Å². The first-order valence-electron chi connectivity index (χ1n) is 13.7. The summed E-state index contributed by atoms with van der Waals surface area (Å²) in [5.74, 6) is 0.592. The summed E-state index contributed by atoms with van der Waals surface area (Å²) in [5.41, 5.74) is 9.83. The van der Waals surface area contributed by atoms with Gasteiger partial charge in [0.15, 0.2) is 5.78 Å². The number of ketones is 1. The first-order chi connectivity index (χ1) is 19.8. The van der Waals surface area contributed by atoms with Crippen LogP contribution < -0.4 is 10.2 Å². The normalized spacial score (nSPS) is 12.9. The van der Waals surface area contributed by atoms with Gasteiger partial charge in [-0.25, -0.2) is 0 Å². The van der Waals surface area contributed by atoms with E-state index in [1.165, 1.54) is 11.3 Å². The number of Topliss-reactive ketones (excluding diaryl/α,β-unsaturated/α-hetero) is 1. The third-order valence-electron chi connectivity index (χ3n) is 7.14. The van der Waals surface area contributed by atoms with E-state index in [-0.39, 0.29) is 5.78 Å². The molecular weight excluding hydrogens is 528 g/mol. The molecule has 41 heavy (non-hydrogen) atoms. The molecule has 5 aromatic rings. The summed E-state index contributed by atoms with van der Waals surface area (Å²) >= 11 is 1.47. The van der Waals surface area contributed by atoms with Crippen LogP contribution in [0.25, 0.3) is 32.6 Å². The van der Waals surface area contributed by atoms with Crippen molar-refractivity contribution >= 4 is 45.1 Å². The molecule has 0 saturated heterocycles. The second kappa shape index (κ2) is 10.8. The van der Waals surface area contributed by atoms with Crippen LogP contribution >= 0.6 is 11.3 Å². The van der Waals surface area contributed by atoms with Crippen LogP contribution in [0.4, 0.5) is 11.4 Å². The number of rotatable bonds is 8. The number of nitrogens with zero attached hydrogens (tertiary/aromatic N) is 4. The van der Waals surface area contributed by atoms with Crippen molar-refractivity contribution in [2.45, 2.75) is 27.2 Å². The van der Waals surface area contributed by atoms with Crippen LogP contribution in [-0.2, 0) is 0 Å². The van der Waals surface area contributed by atoms with Crippen molar-refractivity contribution in [3.05, 3.63) is 95.5 Å². The Kier molecular flexibility index (Phi) is 7.01. The zero-order valence-electron chi connectivity index (χ0n) is 23.7. The van der Waals surface area contributed by atoms with Crippen molar-refractivity contribution in [1.82, 2.24) is 15.0 Å². The molecule has 1 aliphatic rings. The molecule has 1 aliphatic heterocycles. The summed E-state index contributed by atoms with van der Waals surface area (Å²) in [6.07, 6.45) is 6.43. The van der Waals surface area contributed by atoms with E-state index in [9.17, 15) is 4.79 Å². The minimum Gasteiger partial charge on any atom is -0.358 e. The number of carbonyl (C=O) groups is 1. The zero-order chi connectivity index (χ0) is 28.7. The van der Waals surface area contributed by atoms with Crippen LogP contribution in [0.5, 0.6) is 0 Å². The quantitative estimate of drug-likeness (QED) is 0.189. The number of aromatic nitrogens is 3. The molecule has 0 spiro atoms. The highest BCUT2D eigenvalue weighted by atomic mass is 32.1. The molecule has 206 valence electrons. The number of pyridine rings is 2. The van der Waals surface area contributed by atoms with Crippen LogP contribution in [0, 0.1) is 5.92 Å². The molecule has 1 aromatic carbocycles. The maximum Gasteiger partial charge on any atom is 0.169 e. The van der Waals surface area contributed by atoms with Crippen molar-refractivity contribution in [3.8, 4) is 21.7 Å². The number of aliphatic imine (C=N–C) groups is 1. The van der Waals surface area contributed by atoms with Crippen LogP contribution in [0.3, 0.4) is 0 Å². The summed E-state index contributed by atoms with van der Waals surface area (Å²) < 4.78 is 0. The van der Waals surface area contributed by atoms with Crippen molar-refractivity contribution in [1.29, 1.82) is 0 Å². The Bertz CT molecular complexity index is 1830. The summed E-state index contributed by atoms with van der Waals surface area (Å²) in [6, 6.07) is 16.5. The minimum absolute atomic E-state index is 0.0632. The zero-order valence-corrected chi connectivity index (χ0v) is 24.5. The first kappa shape index (κ1) is 26.7. The van der Waals surface area contributed by atoms with Crippen LogP contribution in [0.1, 0.15) is 48.1 Å². The molecule has 7 nitrogen and oxygen atoms in total. The van der Waals surface area contributed by atoms with Gasteiger partial charge >= 0.3 is 0 Å². The van der Waals surface area contributed by atoms with Gasteiger partial charge in [-0.2, -0.15) is 0 Å². The molecule has 5 heterocycles. The van der Waals surface area contributed by atoms with Gasteiger partial charge in [-0.15, -0.1) is 11.3 Å². The fourth-order valence-electron chi connectivity index (χ4n) is 5.25. The Morgan fingerprint density at radius 1 is 1.12 bits per heavy atom. The topological polar surface area (TPSA) is 86.3 Å². The van der Waals surface area contributed by atoms with Gasteiger partial charge in [-0.3, -0.25) is 19.8 Å². The molecule has 6 rings (SSSR count). The van der Waals surface area contributed by atoms with E-state index in [2.05, 4.69) is 83.0 Å². The van der Waals surface area contributed by atoms with E-state index in [0.717, 1.165) is 77.9 Å². The van der Waals surface area contributed by atoms with Crippen LogP contribution in [-0.4, -0.2) is 40.2 Å². The van der Waals surface area contributed by atoms with Crippen molar-refractivity contribution in [3.63, 3.8) is 0 Å². The molecule has 2 N–H and O–H groups in total. The van der Waals surface area contributed by atoms with E-state index in [0.29, 0.717) is 12.6 Å². The van der Waals surface area contributed by atoms with E-state index in [1.54, 1.807) is 13.1 Å². The molecule has 4 aromatic heterocycles. The lowest BCUT2D eigenvalue weighted by molar-refractivity contribution is 0.102. The van der Waals surface area contributed by atoms with E-state index in [4.69, 9.17) is 4.99 Å². The Balaban J connectivity index is 1.37. The Morgan fingerprint density at radius 2 is 1.98 bits per heavy atom. The van der Waals surface area contributed by atoms with Crippen molar-refractivity contribution in [2.75, 3.05) is 23.9 Å². The number of fused-ring (bicyclic) bond motifs is 2.